The Balaban J connectivity index is 2.33. The minimum atomic E-state index is -1.70. The number of benzene rings is 1. The summed E-state index contributed by atoms with van der Waals surface area (Å²) >= 11 is -0.637. The van der Waals surface area contributed by atoms with E-state index >= 15 is 0 Å². The van der Waals surface area contributed by atoms with E-state index in [9.17, 15) is 9.00 Å². The van der Waals surface area contributed by atoms with Gasteiger partial charge in [0, 0.05) is 25.6 Å². The summed E-state index contributed by atoms with van der Waals surface area (Å²) in [5.74, 6) is -0.326. The van der Waals surface area contributed by atoms with Gasteiger partial charge in [-0.25, -0.2) is 8.51 Å². The first kappa shape index (κ1) is 18.0. The Morgan fingerprint density at radius 1 is 1.38 bits per heavy atom. The minimum Gasteiger partial charge on any atom is -0.429 e. The number of nitrogens with one attached hydrogen (secondary N) is 1. The van der Waals surface area contributed by atoms with Crippen molar-refractivity contribution in [2.45, 2.75) is 0 Å². The average Bonchev–Trinajstić information content (AvgIpc) is 3.06. The normalized spacial score (nSPS) is 12.8. The maximum absolute atomic E-state index is 12.4. The highest BCUT2D eigenvalue weighted by Crippen LogP contribution is 2.26. The average molecular weight is 369 g/mol. The molecule has 1 aromatic heterocycles. The molecule has 0 saturated carbocycles. The molecule has 0 spiro atoms. The van der Waals surface area contributed by atoms with Gasteiger partial charge in [-0.2, -0.15) is 9.36 Å². The number of rotatable bonds is 7. The predicted octanol–water partition coefficient (Wildman–Crippen LogP) is 0.937. The zero-order chi connectivity index (χ0) is 17.5. The quantitative estimate of drug-likeness (QED) is 0.575. The van der Waals surface area contributed by atoms with E-state index in [0.29, 0.717) is 16.5 Å². The van der Waals surface area contributed by atoms with Crippen molar-refractivity contribution in [1.82, 2.24) is 18.4 Å². The van der Waals surface area contributed by atoms with Crippen molar-refractivity contribution < 1.29 is 18.6 Å². The highest BCUT2D eigenvalue weighted by molar-refractivity contribution is 7.81. The Morgan fingerprint density at radius 3 is 2.75 bits per heavy atom. The van der Waals surface area contributed by atoms with Gasteiger partial charge in [-0.15, -0.1) is 0 Å². The molecule has 9 nitrogen and oxygen atoms in total. The number of nitrogens with zero attached hydrogens (tertiary/aromatic N) is 4. The number of amides is 1. The van der Waals surface area contributed by atoms with Gasteiger partial charge in [0.2, 0.25) is 0 Å². The van der Waals surface area contributed by atoms with Crippen LogP contribution < -0.4 is 9.46 Å². The van der Waals surface area contributed by atoms with Crippen LogP contribution in [-0.4, -0.2) is 50.7 Å². The largest absolute Gasteiger partial charge is 0.429 e. The molecule has 1 aromatic carbocycles. The number of para-hydroxylation sites is 1. The van der Waals surface area contributed by atoms with Gasteiger partial charge in [0.1, 0.15) is 19.2 Å². The van der Waals surface area contributed by atoms with Gasteiger partial charge in [-0.3, -0.25) is 9.52 Å². The first-order chi connectivity index (χ1) is 11.5. The third kappa shape index (κ3) is 4.57. The zero-order valence-electron chi connectivity index (χ0n) is 13.1. The molecule has 0 aliphatic carbocycles. The smallest absolute Gasteiger partial charge is 0.298 e. The molecule has 1 atom stereocenters. The summed E-state index contributed by atoms with van der Waals surface area (Å²) in [5, 5.41) is 4.05. The summed E-state index contributed by atoms with van der Waals surface area (Å²) in [4.78, 5) is 21.1. The number of aromatic nitrogens is 2. The van der Waals surface area contributed by atoms with Crippen LogP contribution in [0, 0.1) is 0 Å². The Hall–Kier alpha value is -2.37. The third-order valence-corrected chi connectivity index (χ3v) is 4.16. The predicted molar refractivity (Wildman–Crippen MR) is 89.9 cm³/mol. The molecule has 0 aliphatic rings. The SMILES string of the molecule is CO/N=C(/C(=O)NS(=O)N(C)C)c1ccccc1Oc1ncns1. The van der Waals surface area contributed by atoms with Crippen LogP contribution in [0.2, 0.25) is 0 Å². The lowest BCUT2D eigenvalue weighted by atomic mass is 10.1. The molecular formula is C13H15N5O4S2. The molecule has 0 saturated heterocycles. The standard InChI is InChI=1S/C13H15N5O4S2/c1-18(2)24(20)17-12(19)11(16-21-3)9-6-4-5-7-10(9)22-13-14-8-15-23-13/h4-8H,1-3H3,(H,17,19)/b16-11+. The van der Waals surface area contributed by atoms with Gasteiger partial charge in [0.25, 0.3) is 11.1 Å². The fourth-order valence-electron chi connectivity index (χ4n) is 1.58. The second-order valence-corrected chi connectivity index (χ2v) is 6.60. The van der Waals surface area contributed by atoms with Gasteiger partial charge < -0.3 is 9.57 Å². The summed E-state index contributed by atoms with van der Waals surface area (Å²) < 4.78 is 24.9. The van der Waals surface area contributed by atoms with Crippen molar-refractivity contribution in [2.24, 2.45) is 5.16 Å². The van der Waals surface area contributed by atoms with E-state index in [1.165, 1.54) is 17.7 Å². The lowest BCUT2D eigenvalue weighted by molar-refractivity contribution is -0.113. The maximum atomic E-state index is 12.4. The van der Waals surface area contributed by atoms with Crippen molar-refractivity contribution in [3.63, 3.8) is 0 Å². The second-order valence-electron chi connectivity index (χ2n) is 4.42. The van der Waals surface area contributed by atoms with Crippen LogP contribution in [0.3, 0.4) is 0 Å². The molecular weight excluding hydrogens is 354 g/mol. The van der Waals surface area contributed by atoms with Crippen molar-refractivity contribution in [1.29, 1.82) is 0 Å². The molecule has 1 N–H and O–H groups in total. The van der Waals surface area contributed by atoms with Crippen LogP contribution in [0.25, 0.3) is 0 Å². The summed E-state index contributed by atoms with van der Waals surface area (Å²) in [6, 6.07) is 6.73. The van der Waals surface area contributed by atoms with E-state index in [-0.39, 0.29) is 5.71 Å². The molecule has 0 fully saturated rings. The number of oxime groups is 1. The summed E-state index contributed by atoms with van der Waals surface area (Å²) in [6.45, 7) is 0. The van der Waals surface area contributed by atoms with Crippen molar-refractivity contribution >= 4 is 34.3 Å². The molecule has 0 radical (unpaired) electrons. The van der Waals surface area contributed by atoms with Crippen LogP contribution >= 0.6 is 11.5 Å². The zero-order valence-corrected chi connectivity index (χ0v) is 14.8. The fraction of sp³-hybridized carbons (Fsp3) is 0.231. The molecule has 11 heteroatoms. The molecule has 2 aromatic rings. The van der Waals surface area contributed by atoms with Crippen molar-refractivity contribution in [3.8, 4) is 10.9 Å². The number of carbonyl (C=O) groups excluding carboxylic acids is 1. The fourth-order valence-corrected chi connectivity index (χ4v) is 2.42. The maximum Gasteiger partial charge on any atom is 0.298 e. The molecule has 1 heterocycles. The molecule has 1 amide bonds. The first-order valence-electron chi connectivity index (χ1n) is 6.58. The molecule has 24 heavy (non-hydrogen) atoms. The Bertz CT molecular complexity index is 749. The summed E-state index contributed by atoms with van der Waals surface area (Å²) in [7, 11) is 4.44. The minimum absolute atomic E-state index is 0.0761. The van der Waals surface area contributed by atoms with Gasteiger partial charge in [-0.1, -0.05) is 17.3 Å². The lowest BCUT2D eigenvalue weighted by Crippen LogP contribution is -2.38. The van der Waals surface area contributed by atoms with Crippen LogP contribution in [0.4, 0.5) is 0 Å². The van der Waals surface area contributed by atoms with E-state index in [2.05, 4.69) is 19.2 Å². The van der Waals surface area contributed by atoms with Gasteiger partial charge >= 0.3 is 0 Å². The number of carbonyl (C=O) groups is 1. The monoisotopic (exact) mass is 369 g/mol. The van der Waals surface area contributed by atoms with E-state index in [1.807, 2.05) is 0 Å². The molecule has 0 bridgehead atoms. The number of hydrogen-bond donors (Lipinski definition) is 1. The van der Waals surface area contributed by atoms with Gasteiger partial charge in [-0.05, 0) is 12.1 Å². The second kappa shape index (κ2) is 8.47. The van der Waals surface area contributed by atoms with Crippen LogP contribution in [0.15, 0.2) is 35.7 Å². The van der Waals surface area contributed by atoms with Gasteiger partial charge in [0.05, 0.1) is 5.56 Å². The third-order valence-electron chi connectivity index (χ3n) is 2.59. The van der Waals surface area contributed by atoms with Crippen LogP contribution in [0.5, 0.6) is 10.9 Å². The highest BCUT2D eigenvalue weighted by Gasteiger charge is 2.22. The van der Waals surface area contributed by atoms with Gasteiger partial charge in [0.15, 0.2) is 16.9 Å². The van der Waals surface area contributed by atoms with Crippen LogP contribution in [0.1, 0.15) is 5.56 Å². The Kier molecular flexibility index (Phi) is 6.35. The van der Waals surface area contributed by atoms with E-state index in [0.717, 1.165) is 11.5 Å². The number of ether oxygens (including phenoxy) is 1. The molecule has 128 valence electrons. The van der Waals surface area contributed by atoms with E-state index in [4.69, 9.17) is 9.57 Å². The Labute approximate surface area is 145 Å². The van der Waals surface area contributed by atoms with Crippen molar-refractivity contribution in [2.75, 3.05) is 21.2 Å². The highest BCUT2D eigenvalue weighted by atomic mass is 32.2. The van der Waals surface area contributed by atoms with Crippen molar-refractivity contribution in [3.05, 3.63) is 36.2 Å². The first-order valence-corrected chi connectivity index (χ1v) is 8.46. The van der Waals surface area contributed by atoms with E-state index in [1.54, 1.807) is 38.4 Å². The summed E-state index contributed by atoms with van der Waals surface area (Å²) in [6.07, 6.45) is 1.36. The number of hydrogen-bond acceptors (Lipinski definition) is 8. The lowest BCUT2D eigenvalue weighted by Gasteiger charge is -2.13. The topological polar surface area (TPSA) is 106 Å². The van der Waals surface area contributed by atoms with Crippen LogP contribution in [-0.2, 0) is 20.8 Å². The van der Waals surface area contributed by atoms with E-state index < -0.39 is 17.1 Å². The summed E-state index contributed by atoms with van der Waals surface area (Å²) in [5.41, 5.74) is 0.288. The molecule has 0 aliphatic heterocycles. The molecule has 2 rings (SSSR count). The Morgan fingerprint density at radius 2 is 2.12 bits per heavy atom. The molecule has 1 unspecified atom stereocenters.